The zero-order valence-corrected chi connectivity index (χ0v) is 15.0. The van der Waals surface area contributed by atoms with E-state index in [1.807, 2.05) is 35.0 Å². The molecule has 0 amide bonds. The normalized spacial score (nSPS) is 17.6. The van der Waals surface area contributed by atoms with Gasteiger partial charge < -0.3 is 10.5 Å². The van der Waals surface area contributed by atoms with Crippen molar-refractivity contribution < 1.29 is 4.74 Å². The number of hydrogen-bond donors (Lipinski definition) is 1. The van der Waals surface area contributed by atoms with Crippen LogP contribution in [-0.2, 0) is 11.3 Å². The maximum atomic E-state index is 6.03. The van der Waals surface area contributed by atoms with Crippen molar-refractivity contribution in [2.75, 3.05) is 6.61 Å². The summed E-state index contributed by atoms with van der Waals surface area (Å²) in [6, 6.07) is 14.0. The number of nitrogens with zero attached hydrogens (tertiary/aromatic N) is 4. The van der Waals surface area contributed by atoms with E-state index in [-0.39, 0.29) is 6.23 Å². The van der Waals surface area contributed by atoms with Crippen LogP contribution in [0.5, 0.6) is 0 Å². The fourth-order valence-electron chi connectivity index (χ4n) is 3.83. The van der Waals surface area contributed by atoms with Crippen LogP contribution in [0.1, 0.15) is 31.1 Å². The minimum atomic E-state index is -0.0511. The molecule has 1 fully saturated rings. The average Bonchev–Trinajstić information content (AvgIpc) is 3.14. The van der Waals surface area contributed by atoms with E-state index in [0.29, 0.717) is 6.54 Å². The zero-order chi connectivity index (χ0) is 18.2. The van der Waals surface area contributed by atoms with E-state index in [2.05, 4.69) is 17.1 Å². The van der Waals surface area contributed by atoms with Gasteiger partial charge in [-0.1, -0.05) is 18.2 Å². The lowest BCUT2D eigenvalue weighted by Crippen LogP contribution is -2.19. The number of aromatic nitrogens is 4. The molecule has 4 heterocycles. The maximum absolute atomic E-state index is 6.03. The summed E-state index contributed by atoms with van der Waals surface area (Å²) in [5.41, 5.74) is 11.6. The number of pyridine rings is 2. The van der Waals surface area contributed by atoms with Crippen LogP contribution in [0.2, 0.25) is 0 Å². The van der Waals surface area contributed by atoms with Crippen LogP contribution in [-0.4, -0.2) is 26.4 Å². The molecule has 5 rings (SSSR count). The SMILES string of the molecule is NCc1cccc2c(-c3ccc4ncccc4n3)nn(C3CCCCO3)c12. The molecule has 3 aromatic heterocycles. The lowest BCUT2D eigenvalue weighted by atomic mass is 10.1. The quantitative estimate of drug-likeness (QED) is 0.602. The highest BCUT2D eigenvalue weighted by molar-refractivity contribution is 5.95. The summed E-state index contributed by atoms with van der Waals surface area (Å²) in [7, 11) is 0. The average molecular weight is 359 g/mol. The first kappa shape index (κ1) is 16.4. The van der Waals surface area contributed by atoms with Gasteiger partial charge in [-0.3, -0.25) is 4.98 Å². The molecule has 0 spiro atoms. The summed E-state index contributed by atoms with van der Waals surface area (Å²) >= 11 is 0. The van der Waals surface area contributed by atoms with Crippen LogP contribution >= 0.6 is 0 Å². The molecule has 6 heteroatoms. The smallest absolute Gasteiger partial charge is 0.150 e. The topological polar surface area (TPSA) is 78.9 Å². The number of benzene rings is 1. The van der Waals surface area contributed by atoms with Crippen molar-refractivity contribution in [1.29, 1.82) is 0 Å². The lowest BCUT2D eigenvalue weighted by Gasteiger charge is -2.24. The number of ether oxygens (including phenoxy) is 1. The van der Waals surface area contributed by atoms with E-state index >= 15 is 0 Å². The molecule has 136 valence electrons. The van der Waals surface area contributed by atoms with Crippen LogP contribution in [0.3, 0.4) is 0 Å². The molecule has 1 unspecified atom stereocenters. The Hall–Kier alpha value is -2.83. The van der Waals surface area contributed by atoms with Gasteiger partial charge in [0, 0.05) is 24.7 Å². The molecular formula is C21H21N5O. The molecule has 2 N–H and O–H groups in total. The molecule has 1 saturated heterocycles. The van der Waals surface area contributed by atoms with E-state index in [1.165, 1.54) is 0 Å². The van der Waals surface area contributed by atoms with Gasteiger partial charge in [-0.25, -0.2) is 9.67 Å². The van der Waals surface area contributed by atoms with Crippen molar-refractivity contribution in [1.82, 2.24) is 19.7 Å². The molecule has 1 aliphatic rings. The summed E-state index contributed by atoms with van der Waals surface area (Å²) < 4.78 is 8.04. The van der Waals surface area contributed by atoms with Crippen molar-refractivity contribution in [3.8, 4) is 11.4 Å². The Kier molecular flexibility index (Phi) is 4.07. The Morgan fingerprint density at radius 2 is 2.04 bits per heavy atom. The first-order valence-corrected chi connectivity index (χ1v) is 9.39. The molecule has 4 aromatic rings. The fourth-order valence-corrected chi connectivity index (χ4v) is 3.83. The highest BCUT2D eigenvalue weighted by Gasteiger charge is 2.23. The number of para-hydroxylation sites is 1. The minimum Gasteiger partial charge on any atom is -0.356 e. The van der Waals surface area contributed by atoms with Gasteiger partial charge in [0.2, 0.25) is 0 Å². The van der Waals surface area contributed by atoms with E-state index in [1.54, 1.807) is 6.20 Å². The van der Waals surface area contributed by atoms with Gasteiger partial charge in [0.15, 0.2) is 6.23 Å². The van der Waals surface area contributed by atoms with Gasteiger partial charge in [0.25, 0.3) is 0 Å². The van der Waals surface area contributed by atoms with Gasteiger partial charge >= 0.3 is 0 Å². The third kappa shape index (κ3) is 2.78. The van der Waals surface area contributed by atoms with Crippen LogP contribution in [0.15, 0.2) is 48.7 Å². The molecule has 0 radical (unpaired) electrons. The Morgan fingerprint density at radius 1 is 1.07 bits per heavy atom. The molecule has 1 aliphatic heterocycles. The molecule has 6 nitrogen and oxygen atoms in total. The third-order valence-corrected chi connectivity index (χ3v) is 5.16. The molecule has 1 atom stereocenters. The molecule has 0 bridgehead atoms. The second kappa shape index (κ2) is 6.72. The maximum Gasteiger partial charge on any atom is 0.150 e. The number of fused-ring (bicyclic) bond motifs is 2. The highest BCUT2D eigenvalue weighted by Crippen LogP contribution is 2.34. The number of nitrogens with two attached hydrogens (primary N) is 1. The van der Waals surface area contributed by atoms with E-state index in [4.69, 9.17) is 20.6 Å². The van der Waals surface area contributed by atoms with Crippen molar-refractivity contribution in [2.45, 2.75) is 32.0 Å². The summed E-state index contributed by atoms with van der Waals surface area (Å²) in [6.45, 7) is 1.23. The lowest BCUT2D eigenvalue weighted by molar-refractivity contribution is -0.0366. The first-order chi connectivity index (χ1) is 13.3. The Morgan fingerprint density at radius 3 is 2.89 bits per heavy atom. The molecule has 1 aromatic carbocycles. The first-order valence-electron chi connectivity index (χ1n) is 9.39. The zero-order valence-electron chi connectivity index (χ0n) is 15.0. The molecule has 0 saturated carbocycles. The molecular weight excluding hydrogens is 338 g/mol. The van der Waals surface area contributed by atoms with Crippen LogP contribution in [0.4, 0.5) is 0 Å². The van der Waals surface area contributed by atoms with Crippen molar-refractivity contribution >= 4 is 21.9 Å². The predicted molar refractivity (Wildman–Crippen MR) is 105 cm³/mol. The van der Waals surface area contributed by atoms with Gasteiger partial charge in [-0.15, -0.1) is 0 Å². The molecule has 0 aliphatic carbocycles. The third-order valence-electron chi connectivity index (χ3n) is 5.16. The Balaban J connectivity index is 1.73. The summed E-state index contributed by atoms with van der Waals surface area (Å²) in [4.78, 5) is 9.16. The summed E-state index contributed by atoms with van der Waals surface area (Å²) in [5, 5.41) is 6.01. The Labute approximate surface area is 157 Å². The van der Waals surface area contributed by atoms with Crippen LogP contribution in [0.25, 0.3) is 33.3 Å². The monoisotopic (exact) mass is 359 g/mol. The standard InChI is InChI=1S/C21H21N5O/c22-13-14-5-3-6-15-20(18-10-9-16-17(24-18)7-4-11-23-16)25-26(21(14)15)19-8-1-2-12-27-19/h3-7,9-11,19H,1-2,8,12-13,22H2. The second-order valence-electron chi connectivity index (χ2n) is 6.87. The number of rotatable bonds is 3. The Bertz CT molecular complexity index is 1110. The second-order valence-corrected chi connectivity index (χ2v) is 6.87. The van der Waals surface area contributed by atoms with Gasteiger partial charge in [0.1, 0.15) is 5.69 Å². The van der Waals surface area contributed by atoms with E-state index in [0.717, 1.165) is 64.8 Å². The van der Waals surface area contributed by atoms with Crippen LogP contribution in [0, 0.1) is 0 Å². The van der Waals surface area contributed by atoms with E-state index < -0.39 is 0 Å². The van der Waals surface area contributed by atoms with Crippen molar-refractivity contribution in [2.24, 2.45) is 5.73 Å². The van der Waals surface area contributed by atoms with E-state index in [9.17, 15) is 0 Å². The minimum absolute atomic E-state index is 0.0511. The van der Waals surface area contributed by atoms with Gasteiger partial charge in [-0.05, 0) is 49.1 Å². The van der Waals surface area contributed by atoms with Crippen LogP contribution < -0.4 is 5.73 Å². The van der Waals surface area contributed by atoms with Gasteiger partial charge in [0.05, 0.1) is 22.2 Å². The van der Waals surface area contributed by atoms with Gasteiger partial charge in [-0.2, -0.15) is 5.10 Å². The van der Waals surface area contributed by atoms with Crippen molar-refractivity contribution in [3.63, 3.8) is 0 Å². The summed E-state index contributed by atoms with van der Waals surface area (Å²) in [6.07, 6.45) is 4.94. The fraction of sp³-hybridized carbons (Fsp3) is 0.286. The van der Waals surface area contributed by atoms with Crippen molar-refractivity contribution in [3.05, 3.63) is 54.2 Å². The molecule has 27 heavy (non-hydrogen) atoms. The predicted octanol–water partition coefficient (Wildman–Crippen LogP) is 3.80. The summed E-state index contributed by atoms with van der Waals surface area (Å²) in [5.74, 6) is 0. The largest absolute Gasteiger partial charge is 0.356 e. The number of hydrogen-bond acceptors (Lipinski definition) is 5. The highest BCUT2D eigenvalue weighted by atomic mass is 16.5.